The Morgan fingerprint density at radius 3 is 2.15 bits per heavy atom. The molecule has 6 nitrogen and oxygen atoms in total. The quantitative estimate of drug-likeness (QED) is 0.358. The molecule has 3 rings (SSSR count). The van der Waals surface area contributed by atoms with Crippen LogP contribution in [0.15, 0.2) is 78.9 Å². The van der Waals surface area contributed by atoms with Crippen LogP contribution in [0.25, 0.3) is 0 Å². The number of para-hydroxylation sites is 1. The number of amides is 3. The maximum atomic E-state index is 13.2. The number of aryl methyl sites for hydroxylation is 1. The molecule has 0 aliphatic heterocycles. The van der Waals surface area contributed by atoms with Crippen LogP contribution >= 0.6 is 11.6 Å². The fraction of sp³-hybridized carbons (Fsp3) is 0.259. The molecular weight excluding hydrogens is 450 g/mol. The summed E-state index contributed by atoms with van der Waals surface area (Å²) < 4.78 is 5.85. The van der Waals surface area contributed by atoms with E-state index in [1.54, 1.807) is 18.7 Å². The molecule has 0 bridgehead atoms. The number of carbonyl (C=O) groups excluding carboxylic acids is 2. The van der Waals surface area contributed by atoms with Gasteiger partial charge in [-0.1, -0.05) is 35.9 Å². The Balaban J connectivity index is 1.73. The minimum absolute atomic E-state index is 0.159. The third-order valence-electron chi connectivity index (χ3n) is 5.25. The zero-order valence-electron chi connectivity index (χ0n) is 19.7. The lowest BCUT2D eigenvalue weighted by molar-refractivity contribution is -0.128. The maximum Gasteiger partial charge on any atom is 0.326 e. The number of anilines is 2. The van der Waals surface area contributed by atoms with E-state index in [2.05, 4.69) is 10.6 Å². The summed E-state index contributed by atoms with van der Waals surface area (Å²) in [5, 5.41) is 5.80. The van der Waals surface area contributed by atoms with Crippen LogP contribution in [0.4, 0.5) is 16.2 Å². The van der Waals surface area contributed by atoms with E-state index in [-0.39, 0.29) is 30.9 Å². The lowest BCUT2D eigenvalue weighted by Gasteiger charge is -2.25. The van der Waals surface area contributed by atoms with Gasteiger partial charge in [0.05, 0.1) is 5.41 Å². The highest BCUT2D eigenvalue weighted by Gasteiger charge is 2.26. The van der Waals surface area contributed by atoms with E-state index in [1.165, 1.54) is 0 Å². The summed E-state index contributed by atoms with van der Waals surface area (Å²) in [7, 11) is 0. The maximum absolute atomic E-state index is 13.2. The largest absolute Gasteiger partial charge is 0.457 e. The van der Waals surface area contributed by atoms with Gasteiger partial charge in [-0.15, -0.1) is 11.6 Å². The molecule has 34 heavy (non-hydrogen) atoms. The van der Waals surface area contributed by atoms with E-state index in [0.717, 1.165) is 11.3 Å². The van der Waals surface area contributed by atoms with E-state index in [0.29, 0.717) is 17.1 Å². The van der Waals surface area contributed by atoms with Gasteiger partial charge in [0.2, 0.25) is 5.91 Å². The lowest BCUT2D eigenvalue weighted by atomic mass is 9.95. The molecule has 0 heterocycles. The Morgan fingerprint density at radius 1 is 0.912 bits per heavy atom. The van der Waals surface area contributed by atoms with E-state index in [9.17, 15) is 9.59 Å². The second-order valence-electron chi connectivity index (χ2n) is 8.63. The van der Waals surface area contributed by atoms with Crippen molar-refractivity contribution in [1.29, 1.82) is 0 Å². The number of rotatable bonds is 9. The summed E-state index contributed by atoms with van der Waals surface area (Å²) in [6.45, 7) is 6.11. The number of hydrogen-bond acceptors (Lipinski definition) is 3. The molecule has 0 aliphatic rings. The van der Waals surface area contributed by atoms with Crippen LogP contribution in [-0.4, -0.2) is 30.9 Å². The van der Waals surface area contributed by atoms with Gasteiger partial charge in [0.25, 0.3) is 0 Å². The van der Waals surface area contributed by atoms with Crippen molar-refractivity contribution >= 4 is 34.9 Å². The minimum Gasteiger partial charge on any atom is -0.457 e. The van der Waals surface area contributed by atoms with Gasteiger partial charge in [-0.3, -0.25) is 9.69 Å². The third-order valence-corrected chi connectivity index (χ3v) is 5.91. The lowest BCUT2D eigenvalue weighted by Crippen LogP contribution is -2.44. The Bertz CT molecular complexity index is 1080. The van der Waals surface area contributed by atoms with Gasteiger partial charge in [-0.2, -0.15) is 0 Å². The number of hydrogen-bond donors (Lipinski definition) is 2. The Kier molecular flexibility index (Phi) is 8.55. The predicted molar refractivity (Wildman–Crippen MR) is 138 cm³/mol. The Hall–Kier alpha value is -3.51. The number of nitrogens with zero attached hydrogens (tertiary/aromatic N) is 1. The summed E-state index contributed by atoms with van der Waals surface area (Å²) >= 11 is 5.90. The number of halogens is 1. The fourth-order valence-corrected chi connectivity index (χ4v) is 3.20. The molecule has 178 valence electrons. The van der Waals surface area contributed by atoms with Crippen molar-refractivity contribution in [2.45, 2.75) is 20.8 Å². The van der Waals surface area contributed by atoms with Crippen molar-refractivity contribution in [3.8, 4) is 11.5 Å². The van der Waals surface area contributed by atoms with Crippen molar-refractivity contribution in [3.05, 3.63) is 84.4 Å². The molecule has 0 aliphatic carbocycles. The molecule has 0 saturated heterocycles. The van der Waals surface area contributed by atoms with Crippen molar-refractivity contribution in [3.63, 3.8) is 0 Å². The van der Waals surface area contributed by atoms with E-state index >= 15 is 0 Å². The van der Waals surface area contributed by atoms with Gasteiger partial charge in [-0.05, 0) is 69.3 Å². The summed E-state index contributed by atoms with van der Waals surface area (Å²) in [5.74, 6) is 1.44. The molecular formula is C27H30ClN3O3. The first-order valence-electron chi connectivity index (χ1n) is 11.1. The SMILES string of the molecule is Cc1ccc(NC(=O)N(CCNC(=O)C(C)(C)CCl)c2ccc(Oc3ccccc3)cc2)cc1. The summed E-state index contributed by atoms with van der Waals surface area (Å²) in [6, 6.07) is 24.0. The van der Waals surface area contributed by atoms with Crippen molar-refractivity contribution in [1.82, 2.24) is 5.32 Å². The summed E-state index contributed by atoms with van der Waals surface area (Å²) in [4.78, 5) is 27.1. The normalized spacial score (nSPS) is 10.9. The van der Waals surface area contributed by atoms with Gasteiger partial charge in [-0.25, -0.2) is 4.79 Å². The second kappa shape index (κ2) is 11.6. The van der Waals surface area contributed by atoms with Crippen molar-refractivity contribution in [2.75, 3.05) is 29.2 Å². The average molecular weight is 480 g/mol. The third kappa shape index (κ3) is 6.99. The smallest absolute Gasteiger partial charge is 0.326 e. The van der Waals surface area contributed by atoms with Gasteiger partial charge in [0, 0.05) is 30.3 Å². The molecule has 0 fully saturated rings. The second-order valence-corrected chi connectivity index (χ2v) is 8.90. The standard InChI is InChI=1S/C27H30ClN3O3/c1-20-9-11-21(12-10-20)30-26(33)31(18-17-29-25(32)27(2,3)19-28)22-13-15-24(16-14-22)34-23-7-5-4-6-8-23/h4-16H,17-19H2,1-3H3,(H,29,32)(H,30,33). The van der Waals surface area contributed by atoms with Gasteiger partial charge in [0.15, 0.2) is 0 Å². The highest BCUT2D eigenvalue weighted by atomic mass is 35.5. The summed E-state index contributed by atoms with van der Waals surface area (Å²) in [5.41, 5.74) is 1.79. The van der Waals surface area contributed by atoms with Gasteiger partial charge >= 0.3 is 6.03 Å². The zero-order chi connectivity index (χ0) is 24.6. The van der Waals surface area contributed by atoms with Gasteiger partial charge in [0.1, 0.15) is 11.5 Å². The first-order valence-corrected chi connectivity index (χ1v) is 11.6. The monoisotopic (exact) mass is 479 g/mol. The number of alkyl halides is 1. The highest BCUT2D eigenvalue weighted by molar-refractivity contribution is 6.19. The molecule has 0 radical (unpaired) electrons. The first-order chi connectivity index (χ1) is 16.3. The van der Waals surface area contributed by atoms with Crippen molar-refractivity contribution in [2.24, 2.45) is 5.41 Å². The predicted octanol–water partition coefficient (Wildman–Crippen LogP) is 6.21. The van der Waals surface area contributed by atoms with E-state index < -0.39 is 5.41 Å². The fourth-order valence-electron chi connectivity index (χ4n) is 3.08. The molecule has 3 amide bonds. The number of nitrogens with one attached hydrogen (secondary N) is 2. The molecule has 2 N–H and O–H groups in total. The molecule has 0 atom stereocenters. The van der Waals surface area contributed by atoms with Crippen LogP contribution in [0.5, 0.6) is 11.5 Å². The van der Waals surface area contributed by atoms with Crippen LogP contribution < -0.4 is 20.3 Å². The minimum atomic E-state index is -0.688. The Morgan fingerprint density at radius 2 is 1.53 bits per heavy atom. The van der Waals surface area contributed by atoms with E-state index in [4.69, 9.17) is 16.3 Å². The van der Waals surface area contributed by atoms with Crippen LogP contribution in [0.1, 0.15) is 19.4 Å². The first kappa shape index (κ1) is 25.1. The van der Waals surface area contributed by atoms with Gasteiger partial charge < -0.3 is 15.4 Å². The Labute approximate surface area is 205 Å². The highest BCUT2D eigenvalue weighted by Crippen LogP contribution is 2.25. The number of urea groups is 1. The van der Waals surface area contributed by atoms with E-state index in [1.807, 2.05) is 85.8 Å². The molecule has 0 saturated carbocycles. The summed E-state index contributed by atoms with van der Waals surface area (Å²) in [6.07, 6.45) is 0. The number of ether oxygens (including phenoxy) is 1. The molecule has 3 aromatic rings. The average Bonchev–Trinajstić information content (AvgIpc) is 2.84. The number of benzene rings is 3. The van der Waals surface area contributed by atoms with Crippen LogP contribution in [0.3, 0.4) is 0 Å². The van der Waals surface area contributed by atoms with Crippen molar-refractivity contribution < 1.29 is 14.3 Å². The molecule has 0 spiro atoms. The molecule has 0 unspecified atom stereocenters. The molecule has 3 aromatic carbocycles. The topological polar surface area (TPSA) is 70.7 Å². The van der Waals surface area contributed by atoms with Crippen LogP contribution in [0, 0.1) is 12.3 Å². The molecule has 0 aromatic heterocycles. The van der Waals surface area contributed by atoms with Crippen LogP contribution in [0.2, 0.25) is 0 Å². The molecule has 7 heteroatoms. The number of carbonyl (C=O) groups is 2. The zero-order valence-corrected chi connectivity index (χ0v) is 20.4. The van der Waals surface area contributed by atoms with Crippen LogP contribution in [-0.2, 0) is 4.79 Å².